The molecular weight excluding hydrogens is 438 g/mol. The van der Waals surface area contributed by atoms with Gasteiger partial charge in [0.15, 0.2) is 5.16 Å². The number of imidazole rings is 1. The Hall–Kier alpha value is -2.53. The quantitative estimate of drug-likeness (QED) is 0.260. The van der Waals surface area contributed by atoms with Gasteiger partial charge in [0.1, 0.15) is 0 Å². The number of amides is 1. The van der Waals surface area contributed by atoms with Crippen LogP contribution in [0.1, 0.15) is 51.9 Å². The van der Waals surface area contributed by atoms with Crippen molar-refractivity contribution in [3.63, 3.8) is 0 Å². The minimum Gasteiger partial charge on any atom is -0.353 e. The van der Waals surface area contributed by atoms with Crippen molar-refractivity contribution in [2.45, 2.75) is 69.6 Å². The van der Waals surface area contributed by atoms with Crippen molar-refractivity contribution in [3.8, 4) is 22.5 Å². The molecule has 34 heavy (non-hydrogen) atoms. The number of rotatable bonds is 10. The van der Waals surface area contributed by atoms with E-state index in [1.165, 1.54) is 36.9 Å². The number of hydrogen-bond donors (Lipinski definition) is 1. The highest BCUT2D eigenvalue weighted by atomic mass is 32.2. The summed E-state index contributed by atoms with van der Waals surface area (Å²) in [7, 11) is 0. The molecule has 5 rings (SSSR count). The lowest BCUT2D eigenvalue weighted by Crippen LogP contribution is -2.38. The number of benzene rings is 2. The van der Waals surface area contributed by atoms with Crippen LogP contribution in [0.15, 0.2) is 65.8 Å². The molecule has 2 saturated carbocycles. The lowest BCUT2D eigenvalue weighted by atomic mass is 9.95. The van der Waals surface area contributed by atoms with Crippen LogP contribution in [0, 0.1) is 11.8 Å². The third kappa shape index (κ3) is 5.10. The van der Waals surface area contributed by atoms with Gasteiger partial charge in [0.05, 0.1) is 11.4 Å². The summed E-state index contributed by atoms with van der Waals surface area (Å²) >= 11 is 1.81. The summed E-state index contributed by atoms with van der Waals surface area (Å²) in [5.41, 5.74) is 4.57. The molecule has 2 bridgehead atoms. The Morgan fingerprint density at radius 1 is 1.00 bits per heavy atom. The molecule has 3 unspecified atom stereocenters. The minimum atomic E-state index is 0.246. The monoisotopic (exact) mass is 473 g/mol. The van der Waals surface area contributed by atoms with Crippen LogP contribution in [0.2, 0.25) is 0 Å². The van der Waals surface area contributed by atoms with Gasteiger partial charge in [-0.15, -0.1) is 0 Å². The van der Waals surface area contributed by atoms with Crippen LogP contribution in [0.5, 0.6) is 0 Å². The van der Waals surface area contributed by atoms with Gasteiger partial charge in [-0.1, -0.05) is 78.8 Å². The number of nitrogens with zero attached hydrogens (tertiary/aromatic N) is 2. The van der Waals surface area contributed by atoms with E-state index >= 15 is 0 Å². The second kappa shape index (κ2) is 10.8. The first-order valence-corrected chi connectivity index (χ1v) is 13.8. The van der Waals surface area contributed by atoms with E-state index in [-0.39, 0.29) is 5.91 Å². The van der Waals surface area contributed by atoms with E-state index in [0.717, 1.165) is 53.4 Å². The van der Waals surface area contributed by atoms with Crippen LogP contribution >= 0.6 is 11.8 Å². The van der Waals surface area contributed by atoms with Crippen LogP contribution in [-0.2, 0) is 11.3 Å². The maximum absolute atomic E-state index is 12.4. The van der Waals surface area contributed by atoms with Crippen LogP contribution in [0.3, 0.4) is 0 Å². The highest BCUT2D eigenvalue weighted by Gasteiger charge is 2.39. The van der Waals surface area contributed by atoms with Crippen molar-refractivity contribution in [2.75, 3.05) is 5.75 Å². The molecule has 1 heterocycles. The molecular formula is C29H35N3OS. The SMILES string of the molecule is CCn1c(SCCCCC(=O)NC2CC3CCC2C3)nc(-c2ccccc2)c1-c1ccccc1. The van der Waals surface area contributed by atoms with Gasteiger partial charge in [-0.05, 0) is 50.9 Å². The summed E-state index contributed by atoms with van der Waals surface area (Å²) in [6.45, 7) is 3.06. The Morgan fingerprint density at radius 3 is 2.38 bits per heavy atom. The third-order valence-corrected chi connectivity index (χ3v) is 8.52. The molecule has 2 aliphatic rings. The molecule has 4 nitrogen and oxygen atoms in total. The first-order chi connectivity index (χ1) is 16.7. The topological polar surface area (TPSA) is 46.9 Å². The molecule has 0 aliphatic heterocycles. The third-order valence-electron chi connectivity index (χ3n) is 7.46. The Kier molecular flexibility index (Phi) is 7.39. The van der Waals surface area contributed by atoms with Gasteiger partial charge in [0.25, 0.3) is 0 Å². The summed E-state index contributed by atoms with van der Waals surface area (Å²) in [6, 6.07) is 21.5. The van der Waals surface area contributed by atoms with Gasteiger partial charge >= 0.3 is 0 Å². The summed E-state index contributed by atoms with van der Waals surface area (Å²) in [6.07, 6.45) is 7.82. The van der Waals surface area contributed by atoms with Crippen LogP contribution in [0.25, 0.3) is 22.5 Å². The number of fused-ring (bicyclic) bond motifs is 2. The van der Waals surface area contributed by atoms with E-state index in [0.29, 0.717) is 12.5 Å². The van der Waals surface area contributed by atoms with Gasteiger partial charge in [-0.3, -0.25) is 4.79 Å². The molecule has 3 aromatic rings. The molecule has 2 fully saturated rings. The molecule has 0 radical (unpaired) electrons. The van der Waals surface area contributed by atoms with Crippen LogP contribution in [0.4, 0.5) is 0 Å². The highest BCUT2D eigenvalue weighted by Crippen LogP contribution is 2.44. The van der Waals surface area contributed by atoms with Crippen molar-refractivity contribution in [1.29, 1.82) is 0 Å². The number of carbonyl (C=O) groups is 1. The van der Waals surface area contributed by atoms with Crippen molar-refractivity contribution in [2.24, 2.45) is 11.8 Å². The number of aromatic nitrogens is 2. The highest BCUT2D eigenvalue weighted by molar-refractivity contribution is 7.99. The summed E-state index contributed by atoms with van der Waals surface area (Å²) < 4.78 is 2.34. The fourth-order valence-electron chi connectivity index (χ4n) is 5.77. The molecule has 178 valence electrons. The molecule has 1 amide bonds. The van der Waals surface area contributed by atoms with E-state index in [1.807, 2.05) is 17.8 Å². The van der Waals surface area contributed by atoms with Gasteiger partial charge < -0.3 is 9.88 Å². The summed E-state index contributed by atoms with van der Waals surface area (Å²) in [5.74, 6) is 2.84. The molecule has 0 spiro atoms. The van der Waals surface area contributed by atoms with E-state index in [2.05, 4.69) is 71.4 Å². The molecule has 2 aromatic carbocycles. The molecule has 3 atom stereocenters. The van der Waals surface area contributed by atoms with Crippen molar-refractivity contribution in [3.05, 3.63) is 60.7 Å². The fraction of sp³-hybridized carbons (Fsp3) is 0.448. The first kappa shape index (κ1) is 23.2. The van der Waals surface area contributed by atoms with Gasteiger partial charge in [-0.2, -0.15) is 0 Å². The van der Waals surface area contributed by atoms with Crippen molar-refractivity contribution in [1.82, 2.24) is 14.9 Å². The van der Waals surface area contributed by atoms with Crippen molar-refractivity contribution < 1.29 is 4.79 Å². The molecule has 1 N–H and O–H groups in total. The molecule has 1 aromatic heterocycles. The van der Waals surface area contributed by atoms with Gasteiger partial charge in [-0.25, -0.2) is 4.98 Å². The first-order valence-electron chi connectivity index (χ1n) is 12.9. The zero-order valence-electron chi connectivity index (χ0n) is 20.1. The number of hydrogen-bond acceptors (Lipinski definition) is 3. The Morgan fingerprint density at radius 2 is 1.74 bits per heavy atom. The van der Waals surface area contributed by atoms with Crippen LogP contribution < -0.4 is 5.32 Å². The Balaban J connectivity index is 1.21. The van der Waals surface area contributed by atoms with Gasteiger partial charge in [0, 0.05) is 35.9 Å². The maximum Gasteiger partial charge on any atom is 0.220 e. The molecule has 0 saturated heterocycles. The standard InChI is InChI=1S/C29H35N3OS/c1-2-32-28(23-13-7-4-8-14-23)27(22-11-5-3-6-12-22)31-29(32)34-18-10-9-15-26(33)30-25-20-21-16-17-24(25)19-21/h3-8,11-14,21,24-25H,2,9-10,15-20H2,1H3,(H,30,33). The smallest absolute Gasteiger partial charge is 0.220 e. The predicted molar refractivity (Wildman–Crippen MR) is 141 cm³/mol. The average molecular weight is 474 g/mol. The van der Waals surface area contributed by atoms with E-state index in [1.54, 1.807) is 0 Å². The number of nitrogens with one attached hydrogen (secondary N) is 1. The number of thioether (sulfide) groups is 1. The Labute approximate surface area is 207 Å². The maximum atomic E-state index is 12.4. The zero-order valence-corrected chi connectivity index (χ0v) is 20.9. The lowest BCUT2D eigenvalue weighted by Gasteiger charge is -2.22. The number of unbranched alkanes of at least 4 members (excludes halogenated alkanes) is 1. The summed E-state index contributed by atoms with van der Waals surface area (Å²) in [4.78, 5) is 17.5. The lowest BCUT2D eigenvalue weighted by molar-refractivity contribution is -0.122. The second-order valence-corrected chi connectivity index (χ2v) is 10.8. The molecule has 5 heteroatoms. The predicted octanol–water partition coefficient (Wildman–Crippen LogP) is 6.80. The average Bonchev–Trinajstić information content (AvgIpc) is 3.59. The molecule has 2 aliphatic carbocycles. The van der Waals surface area contributed by atoms with E-state index < -0.39 is 0 Å². The normalized spacial score (nSPS) is 21.1. The minimum absolute atomic E-state index is 0.246. The summed E-state index contributed by atoms with van der Waals surface area (Å²) in [5, 5.41) is 4.38. The van der Waals surface area contributed by atoms with Crippen LogP contribution in [-0.4, -0.2) is 27.3 Å². The number of carbonyl (C=O) groups excluding carboxylic acids is 1. The second-order valence-electron chi connectivity index (χ2n) is 9.72. The fourth-order valence-corrected chi connectivity index (χ4v) is 6.84. The largest absolute Gasteiger partial charge is 0.353 e. The Bertz CT molecular complexity index is 1100. The zero-order chi connectivity index (χ0) is 23.3. The van der Waals surface area contributed by atoms with Gasteiger partial charge in [0.2, 0.25) is 5.91 Å². The van der Waals surface area contributed by atoms with E-state index in [9.17, 15) is 4.79 Å². The van der Waals surface area contributed by atoms with E-state index in [4.69, 9.17) is 4.98 Å². The van der Waals surface area contributed by atoms with Crippen molar-refractivity contribution >= 4 is 17.7 Å².